The Morgan fingerprint density at radius 1 is 1.82 bits per heavy atom. The average molecular weight is 157 g/mol. The van der Waals surface area contributed by atoms with Crippen LogP contribution < -0.4 is 5.48 Å². The number of aliphatic hydroxyl groups excluding tert-OH is 1. The SMILES string of the molecule is [O-][NH2+][C@H](CO)Cc1cnc[nH]1. The highest BCUT2D eigenvalue weighted by atomic mass is 16.5. The Kier molecular flexibility index (Phi) is 3.03. The summed E-state index contributed by atoms with van der Waals surface area (Å²) in [4.78, 5) is 6.65. The molecule has 1 atom stereocenters. The van der Waals surface area contributed by atoms with Crippen molar-refractivity contribution in [2.75, 3.05) is 6.61 Å². The molecule has 5 nitrogen and oxygen atoms in total. The minimum absolute atomic E-state index is 0.109. The number of hydrogen-bond acceptors (Lipinski definition) is 3. The van der Waals surface area contributed by atoms with Crippen LogP contribution in [0.15, 0.2) is 12.5 Å². The van der Waals surface area contributed by atoms with E-state index in [1.807, 2.05) is 0 Å². The van der Waals surface area contributed by atoms with Crippen molar-refractivity contribution in [3.63, 3.8) is 0 Å². The molecule has 0 aliphatic heterocycles. The normalized spacial score (nSPS) is 13.3. The summed E-state index contributed by atoms with van der Waals surface area (Å²) < 4.78 is 0. The van der Waals surface area contributed by atoms with Crippen molar-refractivity contribution in [2.45, 2.75) is 12.5 Å². The van der Waals surface area contributed by atoms with Crippen molar-refractivity contribution in [1.82, 2.24) is 9.97 Å². The topological polar surface area (TPSA) is 88.6 Å². The Hall–Kier alpha value is -0.910. The second-order valence-corrected chi connectivity index (χ2v) is 2.36. The third kappa shape index (κ3) is 2.30. The van der Waals surface area contributed by atoms with E-state index in [-0.39, 0.29) is 12.6 Å². The molecule has 0 fully saturated rings. The van der Waals surface area contributed by atoms with Gasteiger partial charge >= 0.3 is 0 Å². The molecule has 0 amide bonds. The van der Waals surface area contributed by atoms with Crippen LogP contribution in [0.2, 0.25) is 0 Å². The van der Waals surface area contributed by atoms with Crippen molar-refractivity contribution in [1.29, 1.82) is 0 Å². The minimum atomic E-state index is -0.310. The van der Waals surface area contributed by atoms with Gasteiger partial charge in [0.05, 0.1) is 12.9 Å². The standard InChI is InChI=1S/C6H11N3O2/c10-3-6(9-11)1-5-2-7-4-8-5/h2,4,6,10H,1,3,9H2,(H,7,8)/t6-/m0/s1. The van der Waals surface area contributed by atoms with Gasteiger partial charge in [-0.05, 0) is 0 Å². The van der Waals surface area contributed by atoms with Crippen molar-refractivity contribution >= 4 is 0 Å². The highest BCUT2D eigenvalue weighted by Crippen LogP contribution is 1.93. The van der Waals surface area contributed by atoms with Gasteiger partial charge in [-0.1, -0.05) is 0 Å². The van der Waals surface area contributed by atoms with Gasteiger partial charge in [0.1, 0.15) is 6.04 Å². The highest BCUT2D eigenvalue weighted by Gasteiger charge is 2.07. The summed E-state index contributed by atoms with van der Waals surface area (Å²) >= 11 is 0. The number of H-pyrrole nitrogens is 1. The lowest BCUT2D eigenvalue weighted by Gasteiger charge is -2.12. The second-order valence-electron chi connectivity index (χ2n) is 2.36. The predicted octanol–water partition coefficient (Wildman–Crippen LogP) is -1.63. The fourth-order valence-electron chi connectivity index (χ4n) is 0.834. The number of nitrogens with two attached hydrogens (primary N) is 1. The molecule has 4 N–H and O–H groups in total. The first kappa shape index (κ1) is 8.19. The Morgan fingerprint density at radius 2 is 2.64 bits per heavy atom. The van der Waals surface area contributed by atoms with Crippen molar-refractivity contribution in [3.8, 4) is 0 Å². The smallest absolute Gasteiger partial charge is 0.115 e. The van der Waals surface area contributed by atoms with E-state index in [4.69, 9.17) is 5.11 Å². The van der Waals surface area contributed by atoms with Gasteiger partial charge in [0.15, 0.2) is 0 Å². The molecule has 0 bridgehead atoms. The first-order valence-electron chi connectivity index (χ1n) is 3.40. The number of nitrogens with zero attached hydrogens (tertiary/aromatic N) is 1. The minimum Gasteiger partial charge on any atom is -0.636 e. The number of aliphatic hydroxyl groups is 1. The van der Waals surface area contributed by atoms with Gasteiger partial charge in [-0.25, -0.2) is 4.98 Å². The van der Waals surface area contributed by atoms with E-state index in [9.17, 15) is 5.21 Å². The molecule has 0 spiro atoms. The summed E-state index contributed by atoms with van der Waals surface area (Å²) in [6.07, 6.45) is 3.72. The maximum Gasteiger partial charge on any atom is 0.115 e. The van der Waals surface area contributed by atoms with Crippen LogP contribution in [0.25, 0.3) is 0 Å². The first-order valence-corrected chi connectivity index (χ1v) is 3.40. The van der Waals surface area contributed by atoms with Crippen LogP contribution in [-0.2, 0) is 6.42 Å². The lowest BCUT2D eigenvalue weighted by Crippen LogP contribution is -2.85. The van der Waals surface area contributed by atoms with Crippen LogP contribution in [-0.4, -0.2) is 27.7 Å². The highest BCUT2D eigenvalue weighted by molar-refractivity contribution is 4.95. The average Bonchev–Trinajstić information content (AvgIpc) is 2.52. The molecule has 0 radical (unpaired) electrons. The zero-order valence-electron chi connectivity index (χ0n) is 6.03. The first-order chi connectivity index (χ1) is 5.36. The molecule has 0 saturated heterocycles. The van der Waals surface area contributed by atoms with Gasteiger partial charge in [0.2, 0.25) is 0 Å². The van der Waals surface area contributed by atoms with Crippen molar-refractivity contribution < 1.29 is 10.6 Å². The van der Waals surface area contributed by atoms with E-state index in [2.05, 4.69) is 9.97 Å². The summed E-state index contributed by atoms with van der Waals surface area (Å²) in [5, 5.41) is 18.9. The maximum atomic E-state index is 10.3. The number of imidazole rings is 1. The van der Waals surface area contributed by atoms with Gasteiger partial charge in [0, 0.05) is 18.3 Å². The quantitative estimate of drug-likeness (QED) is 0.459. The van der Waals surface area contributed by atoms with E-state index in [0.717, 1.165) is 11.2 Å². The lowest BCUT2D eigenvalue weighted by atomic mass is 10.2. The Bertz CT molecular complexity index is 184. The monoisotopic (exact) mass is 157 g/mol. The summed E-state index contributed by atoms with van der Waals surface area (Å²) in [6.45, 7) is -0.109. The predicted molar refractivity (Wildman–Crippen MR) is 38.5 cm³/mol. The van der Waals surface area contributed by atoms with Crippen LogP contribution in [0, 0.1) is 5.21 Å². The number of hydroxylamine groups is 1. The molecule has 0 saturated carbocycles. The van der Waals surface area contributed by atoms with Crippen LogP contribution in [0.3, 0.4) is 0 Å². The fourth-order valence-corrected chi connectivity index (χ4v) is 0.834. The number of aromatic nitrogens is 2. The number of quaternary nitrogens is 1. The molecule has 62 valence electrons. The van der Waals surface area contributed by atoms with Gasteiger partial charge in [-0.2, -0.15) is 0 Å². The molecule has 0 unspecified atom stereocenters. The summed E-state index contributed by atoms with van der Waals surface area (Å²) in [6, 6.07) is -0.310. The fraction of sp³-hybridized carbons (Fsp3) is 0.500. The lowest BCUT2D eigenvalue weighted by molar-refractivity contribution is -0.629. The molecule has 11 heavy (non-hydrogen) atoms. The van der Waals surface area contributed by atoms with Crippen molar-refractivity contribution in [3.05, 3.63) is 23.4 Å². The van der Waals surface area contributed by atoms with Gasteiger partial charge in [-0.15, -0.1) is 0 Å². The van der Waals surface area contributed by atoms with Crippen LogP contribution in [0.1, 0.15) is 5.69 Å². The van der Waals surface area contributed by atoms with Crippen LogP contribution >= 0.6 is 0 Å². The Balaban J connectivity index is 2.41. The molecular formula is C6H11N3O2. The molecule has 5 heteroatoms. The molecule has 1 heterocycles. The van der Waals surface area contributed by atoms with Gasteiger partial charge < -0.3 is 20.8 Å². The number of hydrogen-bond donors (Lipinski definition) is 3. The van der Waals surface area contributed by atoms with E-state index in [1.165, 1.54) is 0 Å². The van der Waals surface area contributed by atoms with E-state index in [1.54, 1.807) is 12.5 Å². The zero-order chi connectivity index (χ0) is 8.10. The third-order valence-corrected chi connectivity index (χ3v) is 1.46. The molecule has 0 aliphatic carbocycles. The van der Waals surface area contributed by atoms with E-state index < -0.39 is 0 Å². The molecule has 1 aromatic rings. The largest absolute Gasteiger partial charge is 0.636 e. The van der Waals surface area contributed by atoms with Crippen LogP contribution in [0.4, 0.5) is 0 Å². The van der Waals surface area contributed by atoms with Crippen LogP contribution in [0.5, 0.6) is 0 Å². The molecule has 0 aliphatic rings. The van der Waals surface area contributed by atoms with Gasteiger partial charge in [-0.3, -0.25) is 0 Å². The molecular weight excluding hydrogens is 146 g/mol. The summed E-state index contributed by atoms with van der Waals surface area (Å²) in [5.41, 5.74) is 1.62. The number of aromatic amines is 1. The zero-order valence-corrected chi connectivity index (χ0v) is 6.03. The third-order valence-electron chi connectivity index (χ3n) is 1.46. The number of rotatable bonds is 4. The second kappa shape index (κ2) is 4.07. The number of nitrogens with one attached hydrogen (secondary N) is 1. The van der Waals surface area contributed by atoms with E-state index >= 15 is 0 Å². The summed E-state index contributed by atoms with van der Waals surface area (Å²) in [5.74, 6) is 0. The molecule has 0 aromatic carbocycles. The van der Waals surface area contributed by atoms with E-state index in [0.29, 0.717) is 6.42 Å². The Labute approximate surface area is 64.0 Å². The molecule has 1 rings (SSSR count). The summed E-state index contributed by atoms with van der Waals surface area (Å²) in [7, 11) is 0. The maximum absolute atomic E-state index is 10.3. The molecule has 1 aromatic heterocycles. The van der Waals surface area contributed by atoms with Gasteiger partial charge in [0.25, 0.3) is 0 Å². The Morgan fingerprint density at radius 3 is 3.09 bits per heavy atom. The van der Waals surface area contributed by atoms with Crippen molar-refractivity contribution in [2.24, 2.45) is 0 Å².